The Balaban J connectivity index is 2.09. The highest BCUT2D eigenvalue weighted by atomic mass is 14.8. The molecule has 3 aliphatic carbocycles. The maximum Gasteiger partial charge on any atom is 0.0218 e. The molecule has 1 heterocycles. The molecule has 1 heteroatoms. The summed E-state index contributed by atoms with van der Waals surface area (Å²) in [6, 6.07) is 4.44. The first kappa shape index (κ1) is 9.50. The van der Waals surface area contributed by atoms with Crippen molar-refractivity contribution < 1.29 is 0 Å². The molecule has 0 aromatic carbocycles. The Bertz CT molecular complexity index is 363. The Morgan fingerprint density at radius 2 is 2.13 bits per heavy atom. The van der Waals surface area contributed by atoms with E-state index in [0.717, 1.165) is 11.8 Å². The van der Waals surface area contributed by atoms with Gasteiger partial charge in [0.05, 0.1) is 0 Å². The van der Waals surface area contributed by atoms with Crippen LogP contribution in [0.2, 0.25) is 0 Å². The number of rotatable bonds is 1. The molecule has 0 amide bonds. The van der Waals surface area contributed by atoms with Crippen molar-refractivity contribution in [1.29, 1.82) is 0 Å². The lowest BCUT2D eigenvalue weighted by Crippen LogP contribution is -2.64. The van der Waals surface area contributed by atoms with E-state index in [0.29, 0.717) is 10.8 Å². The van der Waals surface area contributed by atoms with Gasteiger partial charge < -0.3 is 4.98 Å². The first-order valence-corrected chi connectivity index (χ1v) is 6.23. The van der Waals surface area contributed by atoms with Crippen LogP contribution in [0, 0.1) is 17.3 Å². The molecule has 15 heavy (non-hydrogen) atoms. The predicted octanol–water partition coefficient (Wildman–Crippen LogP) is 3.73. The summed E-state index contributed by atoms with van der Waals surface area (Å²) < 4.78 is 0. The van der Waals surface area contributed by atoms with Crippen LogP contribution in [0.25, 0.3) is 0 Å². The molecule has 0 saturated heterocycles. The van der Waals surface area contributed by atoms with Gasteiger partial charge in [0.1, 0.15) is 0 Å². The number of aromatic amines is 1. The zero-order valence-corrected chi connectivity index (χ0v) is 10.0. The van der Waals surface area contributed by atoms with Gasteiger partial charge in [-0.15, -0.1) is 0 Å². The van der Waals surface area contributed by atoms with Crippen LogP contribution in [0.4, 0.5) is 0 Å². The second-order valence-corrected chi connectivity index (χ2v) is 6.16. The van der Waals surface area contributed by atoms with Crippen molar-refractivity contribution in [2.24, 2.45) is 17.3 Å². The Labute approximate surface area is 92.3 Å². The Morgan fingerprint density at radius 1 is 1.33 bits per heavy atom. The van der Waals surface area contributed by atoms with Crippen LogP contribution in [0.15, 0.2) is 18.3 Å². The molecule has 1 aromatic heterocycles. The molecule has 2 bridgehead atoms. The highest BCUT2D eigenvalue weighted by molar-refractivity contribution is 5.31. The average Bonchev–Trinajstić information content (AvgIpc) is 2.70. The third kappa shape index (κ3) is 0.902. The second-order valence-electron chi connectivity index (χ2n) is 6.16. The van der Waals surface area contributed by atoms with Crippen LogP contribution >= 0.6 is 0 Å². The Morgan fingerprint density at radius 3 is 2.67 bits per heavy atom. The lowest BCUT2D eigenvalue weighted by Gasteiger charge is -2.68. The number of nitrogens with one attached hydrogen (secondary N) is 1. The van der Waals surface area contributed by atoms with Crippen LogP contribution in [-0.4, -0.2) is 4.98 Å². The van der Waals surface area contributed by atoms with Gasteiger partial charge in [0.15, 0.2) is 0 Å². The van der Waals surface area contributed by atoms with Gasteiger partial charge in [-0.1, -0.05) is 20.8 Å². The summed E-state index contributed by atoms with van der Waals surface area (Å²) in [6.45, 7) is 7.38. The number of hydrogen-bond acceptors (Lipinski definition) is 0. The molecule has 3 aliphatic rings. The fourth-order valence-corrected chi connectivity index (χ4v) is 4.47. The maximum absolute atomic E-state index is 3.47. The highest BCUT2D eigenvalue weighted by Gasteiger charge is 2.65. The van der Waals surface area contributed by atoms with E-state index in [9.17, 15) is 0 Å². The van der Waals surface area contributed by atoms with Gasteiger partial charge in [0.2, 0.25) is 0 Å². The van der Waals surface area contributed by atoms with E-state index in [4.69, 9.17) is 0 Å². The van der Waals surface area contributed by atoms with Crippen LogP contribution in [0.1, 0.15) is 45.7 Å². The van der Waals surface area contributed by atoms with Crippen molar-refractivity contribution in [2.75, 3.05) is 0 Å². The van der Waals surface area contributed by atoms with Crippen molar-refractivity contribution in [3.8, 4) is 0 Å². The summed E-state index contributed by atoms with van der Waals surface area (Å²) >= 11 is 0. The minimum absolute atomic E-state index is 0.444. The van der Waals surface area contributed by atoms with Gasteiger partial charge >= 0.3 is 0 Å². The molecule has 1 nitrogen and oxygen atoms in total. The Hall–Kier alpha value is -0.720. The van der Waals surface area contributed by atoms with E-state index in [1.807, 2.05) is 0 Å². The lowest BCUT2D eigenvalue weighted by atomic mass is 9.36. The van der Waals surface area contributed by atoms with E-state index in [1.165, 1.54) is 25.0 Å². The first-order valence-electron chi connectivity index (χ1n) is 6.23. The predicted molar refractivity (Wildman–Crippen MR) is 62.8 cm³/mol. The quantitative estimate of drug-likeness (QED) is 0.716. The van der Waals surface area contributed by atoms with E-state index in [1.54, 1.807) is 0 Å². The number of hydrogen-bond donors (Lipinski definition) is 1. The van der Waals surface area contributed by atoms with E-state index in [2.05, 4.69) is 44.1 Å². The topological polar surface area (TPSA) is 15.8 Å². The minimum Gasteiger partial charge on any atom is -0.365 e. The summed E-state index contributed by atoms with van der Waals surface area (Å²) in [7, 11) is 0. The zero-order valence-electron chi connectivity index (χ0n) is 10.0. The molecule has 3 saturated carbocycles. The standard InChI is InChI=1S/C14H21N/c1-10-6-7-11-9-14(10,13(11,2)3)12-5-4-8-15-12/h4-5,8,10-11,15H,6-7,9H2,1-3H3. The third-order valence-corrected chi connectivity index (χ3v) is 5.61. The van der Waals surface area contributed by atoms with Crippen molar-refractivity contribution >= 4 is 0 Å². The first-order chi connectivity index (χ1) is 7.09. The summed E-state index contributed by atoms with van der Waals surface area (Å²) in [6.07, 6.45) is 6.33. The van der Waals surface area contributed by atoms with E-state index in [-0.39, 0.29) is 0 Å². The largest absolute Gasteiger partial charge is 0.365 e. The Kier molecular flexibility index (Phi) is 1.70. The van der Waals surface area contributed by atoms with Gasteiger partial charge in [-0.25, -0.2) is 0 Å². The fourth-order valence-electron chi connectivity index (χ4n) is 4.47. The SMILES string of the molecule is CC1CCC2CC1(c1ccc[nH]1)C2(C)C. The molecule has 3 atom stereocenters. The van der Waals surface area contributed by atoms with Crippen LogP contribution in [0.5, 0.6) is 0 Å². The molecular formula is C14H21N. The van der Waals surface area contributed by atoms with Crippen LogP contribution in [0.3, 0.4) is 0 Å². The van der Waals surface area contributed by atoms with Crippen molar-refractivity contribution in [2.45, 2.75) is 45.4 Å². The second kappa shape index (κ2) is 2.69. The molecule has 1 N–H and O–H groups in total. The molecule has 3 unspecified atom stereocenters. The van der Waals surface area contributed by atoms with Crippen molar-refractivity contribution in [1.82, 2.24) is 4.98 Å². The van der Waals surface area contributed by atoms with Crippen LogP contribution in [-0.2, 0) is 5.41 Å². The smallest absolute Gasteiger partial charge is 0.0218 e. The number of H-pyrrole nitrogens is 1. The summed E-state index contributed by atoms with van der Waals surface area (Å²) in [4.78, 5) is 3.47. The lowest BCUT2D eigenvalue weighted by molar-refractivity contribution is -0.135. The van der Waals surface area contributed by atoms with Gasteiger partial charge in [0.25, 0.3) is 0 Å². The minimum atomic E-state index is 0.444. The normalized spacial score (nSPS) is 42.3. The number of aromatic nitrogens is 1. The number of fused-ring (bicyclic) bond motifs is 2. The van der Waals surface area contributed by atoms with Gasteiger partial charge in [-0.3, -0.25) is 0 Å². The van der Waals surface area contributed by atoms with E-state index >= 15 is 0 Å². The molecule has 0 radical (unpaired) electrons. The molecule has 1 aromatic rings. The summed E-state index contributed by atoms with van der Waals surface area (Å²) in [5.74, 6) is 1.79. The zero-order chi connectivity index (χ0) is 10.7. The third-order valence-electron chi connectivity index (χ3n) is 5.61. The van der Waals surface area contributed by atoms with E-state index < -0.39 is 0 Å². The summed E-state index contributed by atoms with van der Waals surface area (Å²) in [5.41, 5.74) is 2.42. The molecule has 0 aliphatic heterocycles. The van der Waals surface area contributed by atoms with Gasteiger partial charge in [-0.05, 0) is 48.6 Å². The average molecular weight is 203 g/mol. The molecular weight excluding hydrogens is 182 g/mol. The van der Waals surface area contributed by atoms with Gasteiger partial charge in [-0.2, -0.15) is 0 Å². The van der Waals surface area contributed by atoms with Gasteiger partial charge in [0, 0.05) is 17.3 Å². The maximum atomic E-state index is 3.47. The molecule has 3 fully saturated rings. The molecule has 4 rings (SSSR count). The van der Waals surface area contributed by atoms with Crippen molar-refractivity contribution in [3.05, 3.63) is 24.0 Å². The monoisotopic (exact) mass is 203 g/mol. The van der Waals surface area contributed by atoms with Crippen molar-refractivity contribution in [3.63, 3.8) is 0 Å². The molecule has 0 spiro atoms. The van der Waals surface area contributed by atoms with Crippen LogP contribution < -0.4 is 0 Å². The summed E-state index contributed by atoms with van der Waals surface area (Å²) in [5, 5.41) is 0. The molecule has 82 valence electrons. The highest BCUT2D eigenvalue weighted by Crippen LogP contribution is 2.69. The fraction of sp³-hybridized carbons (Fsp3) is 0.714.